The van der Waals surface area contributed by atoms with Gasteiger partial charge in [0.1, 0.15) is 0 Å². The molecule has 0 spiro atoms. The highest BCUT2D eigenvalue weighted by Crippen LogP contribution is 2.26. The molecule has 1 amide bonds. The molecule has 0 saturated heterocycles. The molecule has 0 aliphatic rings. The molecule has 2 aromatic carbocycles. The molecule has 5 nitrogen and oxygen atoms in total. The van der Waals surface area contributed by atoms with Gasteiger partial charge in [0.15, 0.2) is 11.0 Å². The fourth-order valence-electron chi connectivity index (χ4n) is 2.68. The summed E-state index contributed by atoms with van der Waals surface area (Å²) in [5, 5.41) is 13.0. The predicted molar refractivity (Wildman–Crippen MR) is 109 cm³/mol. The van der Waals surface area contributed by atoms with Crippen LogP contribution in [0.2, 0.25) is 5.02 Å². The van der Waals surface area contributed by atoms with E-state index in [0.29, 0.717) is 17.9 Å². The van der Waals surface area contributed by atoms with Crippen LogP contribution in [-0.4, -0.2) is 20.7 Å². The van der Waals surface area contributed by atoms with Crippen LogP contribution in [0.3, 0.4) is 0 Å². The number of rotatable bonds is 7. The highest BCUT2D eigenvalue weighted by Gasteiger charge is 2.14. The average Bonchev–Trinajstić information content (AvgIpc) is 3.07. The molecule has 1 aromatic heterocycles. The summed E-state index contributed by atoms with van der Waals surface area (Å²) in [4.78, 5) is 12.3. The first-order valence-corrected chi connectivity index (χ1v) is 10.1. The van der Waals surface area contributed by atoms with E-state index in [1.54, 1.807) is 17.8 Å². The molecule has 3 rings (SSSR count). The first-order valence-electron chi connectivity index (χ1n) is 8.71. The van der Waals surface area contributed by atoms with Gasteiger partial charge < -0.3 is 9.88 Å². The normalized spacial score (nSPS) is 10.8. The fraction of sp³-hybridized carbons (Fsp3) is 0.250. The molecule has 0 fully saturated rings. The van der Waals surface area contributed by atoms with Crippen molar-refractivity contribution in [3.05, 3.63) is 76.1 Å². The zero-order valence-corrected chi connectivity index (χ0v) is 16.8. The SMILES string of the molecule is CCn1c(CNC(=O)c2cccc(C)c2)nnc1SCc1ccccc1Cl. The quantitative estimate of drug-likeness (QED) is 0.594. The number of amides is 1. The second-order valence-electron chi connectivity index (χ2n) is 6.08. The number of hydrogen-bond acceptors (Lipinski definition) is 4. The van der Waals surface area contributed by atoms with Crippen molar-refractivity contribution in [3.8, 4) is 0 Å². The van der Waals surface area contributed by atoms with Crippen molar-refractivity contribution in [3.63, 3.8) is 0 Å². The summed E-state index contributed by atoms with van der Waals surface area (Å²) in [5.74, 6) is 1.34. The lowest BCUT2D eigenvalue weighted by Gasteiger charge is -2.09. The van der Waals surface area contributed by atoms with Crippen LogP contribution >= 0.6 is 23.4 Å². The van der Waals surface area contributed by atoms with Crippen molar-refractivity contribution >= 4 is 29.3 Å². The van der Waals surface area contributed by atoms with E-state index >= 15 is 0 Å². The summed E-state index contributed by atoms with van der Waals surface area (Å²) in [6, 6.07) is 15.3. The van der Waals surface area contributed by atoms with E-state index in [2.05, 4.69) is 15.5 Å². The van der Waals surface area contributed by atoms with Crippen LogP contribution < -0.4 is 5.32 Å². The van der Waals surface area contributed by atoms with Crippen LogP contribution in [0.25, 0.3) is 0 Å². The third-order valence-electron chi connectivity index (χ3n) is 4.11. The molecule has 0 saturated carbocycles. The second kappa shape index (κ2) is 9.06. The van der Waals surface area contributed by atoms with Gasteiger partial charge in [0, 0.05) is 22.9 Å². The van der Waals surface area contributed by atoms with Crippen molar-refractivity contribution in [1.29, 1.82) is 0 Å². The number of carbonyl (C=O) groups is 1. The van der Waals surface area contributed by atoms with Crippen molar-refractivity contribution in [1.82, 2.24) is 20.1 Å². The standard InChI is InChI=1S/C20H21ClN4OS/c1-3-25-18(12-22-19(26)15-9-6-7-14(2)11-15)23-24-20(25)27-13-16-8-4-5-10-17(16)21/h4-11H,3,12-13H2,1-2H3,(H,22,26). The molecule has 0 atom stereocenters. The summed E-state index contributed by atoms with van der Waals surface area (Å²) in [6.45, 7) is 5.07. The Morgan fingerprint density at radius 2 is 2.00 bits per heavy atom. The molecule has 0 aliphatic carbocycles. The number of nitrogens with zero attached hydrogens (tertiary/aromatic N) is 3. The Balaban J connectivity index is 1.65. The van der Waals surface area contributed by atoms with Crippen molar-refractivity contribution in [2.45, 2.75) is 37.8 Å². The first-order chi connectivity index (χ1) is 13.1. The smallest absolute Gasteiger partial charge is 0.251 e. The summed E-state index contributed by atoms with van der Waals surface area (Å²) in [6.07, 6.45) is 0. The molecule has 0 unspecified atom stereocenters. The number of thioether (sulfide) groups is 1. The third kappa shape index (κ3) is 4.90. The van der Waals surface area contributed by atoms with Crippen LogP contribution in [0, 0.1) is 6.92 Å². The Morgan fingerprint density at radius 3 is 2.74 bits per heavy atom. The number of carbonyl (C=O) groups excluding carboxylic acids is 1. The summed E-state index contributed by atoms with van der Waals surface area (Å²) >= 11 is 7.80. The maximum Gasteiger partial charge on any atom is 0.251 e. The number of aryl methyl sites for hydroxylation is 1. The second-order valence-corrected chi connectivity index (χ2v) is 7.43. The first kappa shape index (κ1) is 19.5. The maximum absolute atomic E-state index is 12.3. The highest BCUT2D eigenvalue weighted by atomic mass is 35.5. The van der Waals surface area contributed by atoms with Crippen molar-refractivity contribution in [2.24, 2.45) is 0 Å². The number of halogens is 1. The van der Waals surface area contributed by atoms with Crippen LogP contribution in [-0.2, 0) is 18.8 Å². The third-order valence-corrected chi connectivity index (χ3v) is 5.50. The van der Waals surface area contributed by atoms with E-state index in [9.17, 15) is 4.79 Å². The zero-order chi connectivity index (χ0) is 19.2. The van der Waals surface area contributed by atoms with E-state index in [-0.39, 0.29) is 5.91 Å². The van der Waals surface area contributed by atoms with Crippen molar-refractivity contribution < 1.29 is 4.79 Å². The Hall–Kier alpha value is -2.31. The van der Waals surface area contributed by atoms with Crippen LogP contribution in [0.1, 0.15) is 34.2 Å². The Labute approximate surface area is 168 Å². The number of nitrogens with one attached hydrogen (secondary N) is 1. The van der Waals surface area contributed by atoms with Gasteiger partial charge in [-0.15, -0.1) is 10.2 Å². The Morgan fingerprint density at radius 1 is 1.19 bits per heavy atom. The molecule has 3 aromatic rings. The predicted octanol–water partition coefficient (Wildman–Crippen LogP) is 4.48. The molecular weight excluding hydrogens is 380 g/mol. The van der Waals surface area contributed by atoms with Gasteiger partial charge in [-0.05, 0) is 37.6 Å². The molecular formula is C20H21ClN4OS. The monoisotopic (exact) mass is 400 g/mol. The summed E-state index contributed by atoms with van der Waals surface area (Å²) in [5.41, 5.74) is 2.76. The van der Waals surface area contributed by atoms with E-state index in [4.69, 9.17) is 11.6 Å². The van der Waals surface area contributed by atoms with Crippen LogP contribution in [0.5, 0.6) is 0 Å². The number of benzene rings is 2. The molecule has 0 radical (unpaired) electrons. The minimum Gasteiger partial charge on any atom is -0.345 e. The maximum atomic E-state index is 12.3. The summed E-state index contributed by atoms with van der Waals surface area (Å²) < 4.78 is 2.01. The van der Waals surface area contributed by atoms with Gasteiger partial charge in [-0.2, -0.15) is 0 Å². The van der Waals surface area contributed by atoms with E-state index in [0.717, 1.165) is 33.7 Å². The minimum absolute atomic E-state index is 0.116. The van der Waals surface area contributed by atoms with Crippen LogP contribution in [0.15, 0.2) is 53.7 Å². The molecule has 1 N–H and O–H groups in total. The lowest BCUT2D eigenvalue weighted by molar-refractivity contribution is 0.0949. The Kier molecular flexibility index (Phi) is 6.53. The molecule has 140 valence electrons. The molecule has 0 bridgehead atoms. The van der Waals surface area contributed by atoms with E-state index in [1.807, 2.05) is 60.9 Å². The average molecular weight is 401 g/mol. The fourth-order valence-corrected chi connectivity index (χ4v) is 3.99. The molecule has 1 heterocycles. The molecule has 7 heteroatoms. The van der Waals surface area contributed by atoms with Crippen molar-refractivity contribution in [2.75, 3.05) is 0 Å². The lowest BCUT2D eigenvalue weighted by Crippen LogP contribution is -2.24. The van der Waals surface area contributed by atoms with Gasteiger partial charge in [-0.25, -0.2) is 0 Å². The minimum atomic E-state index is -0.116. The molecule has 0 aliphatic heterocycles. The highest BCUT2D eigenvalue weighted by molar-refractivity contribution is 7.98. The molecule has 27 heavy (non-hydrogen) atoms. The Bertz CT molecular complexity index is 941. The van der Waals surface area contributed by atoms with Crippen LogP contribution in [0.4, 0.5) is 0 Å². The number of aromatic nitrogens is 3. The van der Waals surface area contributed by atoms with Gasteiger partial charge in [-0.3, -0.25) is 4.79 Å². The van der Waals surface area contributed by atoms with Gasteiger partial charge in [0.2, 0.25) is 0 Å². The topological polar surface area (TPSA) is 59.8 Å². The van der Waals surface area contributed by atoms with Gasteiger partial charge in [0.25, 0.3) is 5.91 Å². The van der Waals surface area contributed by atoms with E-state index < -0.39 is 0 Å². The zero-order valence-electron chi connectivity index (χ0n) is 15.3. The van der Waals surface area contributed by atoms with E-state index in [1.165, 1.54) is 0 Å². The van der Waals surface area contributed by atoms with Gasteiger partial charge >= 0.3 is 0 Å². The van der Waals surface area contributed by atoms with Gasteiger partial charge in [-0.1, -0.05) is 59.3 Å². The number of hydrogen-bond donors (Lipinski definition) is 1. The summed E-state index contributed by atoms with van der Waals surface area (Å²) in [7, 11) is 0. The lowest BCUT2D eigenvalue weighted by atomic mass is 10.1. The van der Waals surface area contributed by atoms with Gasteiger partial charge in [0.05, 0.1) is 6.54 Å². The largest absolute Gasteiger partial charge is 0.345 e.